The minimum absolute atomic E-state index is 0.00180. The van der Waals surface area contributed by atoms with Crippen molar-refractivity contribution in [3.05, 3.63) is 69.8 Å². The number of hydrazone groups is 1. The van der Waals surface area contributed by atoms with Crippen LogP contribution in [0, 0.1) is 10.1 Å². The van der Waals surface area contributed by atoms with Crippen molar-refractivity contribution in [2.24, 2.45) is 5.10 Å². The number of nitrogens with zero attached hydrogens (tertiary/aromatic N) is 2. The van der Waals surface area contributed by atoms with Crippen LogP contribution in [0.1, 0.15) is 15.9 Å². The molecule has 0 unspecified atom stereocenters. The molecule has 0 atom stereocenters. The molecule has 106 valence electrons. The molecule has 0 aliphatic carbocycles. The van der Waals surface area contributed by atoms with Crippen LogP contribution < -0.4 is 11.2 Å². The highest BCUT2D eigenvalue weighted by Crippen LogP contribution is 2.10. The molecule has 3 N–H and O–H groups in total. The van der Waals surface area contributed by atoms with Gasteiger partial charge in [-0.15, -0.1) is 0 Å². The number of hydrogen-bond donors (Lipinski definition) is 2. The standard InChI is InChI=1S/C14H12N4O3/c15-12-5-3-11(4-6-12)14(19)17-16-9-10-1-7-13(8-2-10)18(20)21/h1-9H,15H2,(H,17,19)/b16-9-. The molecule has 2 aromatic carbocycles. The summed E-state index contributed by atoms with van der Waals surface area (Å²) < 4.78 is 0. The molecule has 7 nitrogen and oxygen atoms in total. The van der Waals surface area contributed by atoms with Crippen molar-refractivity contribution in [1.29, 1.82) is 0 Å². The van der Waals surface area contributed by atoms with Crippen molar-refractivity contribution in [3.8, 4) is 0 Å². The quantitative estimate of drug-likeness (QED) is 0.387. The summed E-state index contributed by atoms with van der Waals surface area (Å²) in [6.45, 7) is 0. The van der Waals surface area contributed by atoms with Gasteiger partial charge in [-0.2, -0.15) is 5.10 Å². The molecule has 1 amide bonds. The lowest BCUT2D eigenvalue weighted by Crippen LogP contribution is -2.17. The van der Waals surface area contributed by atoms with Gasteiger partial charge in [0.15, 0.2) is 0 Å². The Kier molecular flexibility index (Phi) is 4.25. The Labute approximate surface area is 120 Å². The number of nitrogens with two attached hydrogens (primary N) is 1. The molecular formula is C14H12N4O3. The highest BCUT2D eigenvalue weighted by molar-refractivity contribution is 5.95. The Morgan fingerprint density at radius 1 is 1.14 bits per heavy atom. The van der Waals surface area contributed by atoms with E-state index in [9.17, 15) is 14.9 Å². The first kappa shape index (κ1) is 14.2. The lowest BCUT2D eigenvalue weighted by molar-refractivity contribution is -0.384. The van der Waals surface area contributed by atoms with Gasteiger partial charge in [0.25, 0.3) is 11.6 Å². The predicted octanol–water partition coefficient (Wildman–Crippen LogP) is 1.94. The van der Waals surface area contributed by atoms with Gasteiger partial charge in [0, 0.05) is 23.4 Å². The van der Waals surface area contributed by atoms with Crippen molar-refractivity contribution in [2.75, 3.05) is 5.73 Å². The second-order valence-electron chi connectivity index (χ2n) is 4.17. The van der Waals surface area contributed by atoms with Crippen molar-refractivity contribution in [2.45, 2.75) is 0 Å². The topological polar surface area (TPSA) is 111 Å². The number of hydrogen-bond acceptors (Lipinski definition) is 5. The summed E-state index contributed by atoms with van der Waals surface area (Å²) in [5, 5.41) is 14.3. The van der Waals surface area contributed by atoms with Crippen LogP contribution in [-0.4, -0.2) is 17.0 Å². The van der Waals surface area contributed by atoms with Crippen LogP contribution in [0.2, 0.25) is 0 Å². The second kappa shape index (κ2) is 6.29. The van der Waals surface area contributed by atoms with Crippen LogP contribution in [0.5, 0.6) is 0 Å². The van der Waals surface area contributed by atoms with E-state index in [0.717, 1.165) is 0 Å². The number of nitro benzene ring substituents is 1. The van der Waals surface area contributed by atoms with Crippen molar-refractivity contribution in [1.82, 2.24) is 5.43 Å². The largest absolute Gasteiger partial charge is 0.399 e. The lowest BCUT2D eigenvalue weighted by Gasteiger charge is -2.00. The van der Waals surface area contributed by atoms with E-state index in [0.29, 0.717) is 16.8 Å². The number of non-ortho nitro benzene ring substituents is 1. The molecule has 0 saturated carbocycles. The molecule has 0 aliphatic heterocycles. The molecular weight excluding hydrogens is 272 g/mol. The molecule has 0 radical (unpaired) electrons. The van der Waals surface area contributed by atoms with Crippen LogP contribution in [0.4, 0.5) is 11.4 Å². The molecule has 2 aromatic rings. The first-order valence-corrected chi connectivity index (χ1v) is 5.99. The van der Waals surface area contributed by atoms with Crippen LogP contribution in [0.3, 0.4) is 0 Å². The Morgan fingerprint density at radius 3 is 2.33 bits per heavy atom. The summed E-state index contributed by atoms with van der Waals surface area (Å²) in [5.41, 5.74) is 9.53. The maximum absolute atomic E-state index is 11.7. The number of nitro groups is 1. The van der Waals surface area contributed by atoms with Crippen molar-refractivity contribution >= 4 is 23.5 Å². The molecule has 2 rings (SSSR count). The van der Waals surface area contributed by atoms with Crippen molar-refractivity contribution < 1.29 is 9.72 Å². The molecule has 0 spiro atoms. The zero-order chi connectivity index (χ0) is 15.2. The van der Waals surface area contributed by atoms with E-state index in [1.807, 2.05) is 0 Å². The summed E-state index contributed by atoms with van der Waals surface area (Å²) in [6.07, 6.45) is 1.40. The highest BCUT2D eigenvalue weighted by atomic mass is 16.6. The van der Waals surface area contributed by atoms with E-state index in [1.165, 1.54) is 30.5 Å². The molecule has 7 heteroatoms. The Bertz CT molecular complexity index is 678. The summed E-state index contributed by atoms with van der Waals surface area (Å²) in [6, 6.07) is 12.2. The van der Waals surface area contributed by atoms with Crippen LogP contribution >= 0.6 is 0 Å². The van der Waals surface area contributed by atoms with Gasteiger partial charge >= 0.3 is 0 Å². The second-order valence-corrected chi connectivity index (χ2v) is 4.17. The Balaban J connectivity index is 1.97. The monoisotopic (exact) mass is 284 g/mol. The SMILES string of the molecule is Nc1ccc(C(=O)N/N=C\c2ccc([N+](=O)[O-])cc2)cc1. The average Bonchev–Trinajstić information content (AvgIpc) is 2.48. The maximum atomic E-state index is 11.7. The summed E-state index contributed by atoms with van der Waals surface area (Å²) in [4.78, 5) is 21.8. The van der Waals surface area contributed by atoms with Gasteiger partial charge in [-0.1, -0.05) is 0 Å². The third-order valence-corrected chi connectivity index (χ3v) is 2.66. The molecule has 21 heavy (non-hydrogen) atoms. The lowest BCUT2D eigenvalue weighted by atomic mass is 10.2. The fourth-order valence-corrected chi connectivity index (χ4v) is 1.55. The summed E-state index contributed by atoms with van der Waals surface area (Å²) in [7, 11) is 0. The zero-order valence-corrected chi connectivity index (χ0v) is 10.9. The van der Waals surface area contributed by atoms with E-state index < -0.39 is 4.92 Å². The first-order chi connectivity index (χ1) is 10.1. The number of anilines is 1. The Morgan fingerprint density at radius 2 is 1.76 bits per heavy atom. The van der Waals surface area contributed by atoms with E-state index in [1.54, 1.807) is 24.3 Å². The smallest absolute Gasteiger partial charge is 0.271 e. The maximum Gasteiger partial charge on any atom is 0.271 e. The number of nitrogen functional groups attached to an aromatic ring is 1. The predicted molar refractivity (Wildman–Crippen MR) is 79.0 cm³/mol. The van der Waals surface area contributed by atoms with E-state index in [4.69, 9.17) is 5.73 Å². The fraction of sp³-hybridized carbons (Fsp3) is 0. The molecule has 0 bridgehead atoms. The third-order valence-electron chi connectivity index (χ3n) is 2.66. The van der Waals surface area contributed by atoms with Gasteiger partial charge in [-0.05, 0) is 42.0 Å². The molecule has 0 saturated heterocycles. The van der Waals surface area contributed by atoms with E-state index in [-0.39, 0.29) is 11.6 Å². The first-order valence-electron chi connectivity index (χ1n) is 5.99. The van der Waals surface area contributed by atoms with E-state index in [2.05, 4.69) is 10.5 Å². The number of rotatable bonds is 4. The molecule has 0 fully saturated rings. The van der Waals surface area contributed by atoms with E-state index >= 15 is 0 Å². The van der Waals surface area contributed by atoms with Gasteiger partial charge in [0.2, 0.25) is 0 Å². The number of carbonyl (C=O) groups excluding carboxylic acids is 1. The van der Waals surface area contributed by atoms with Crippen LogP contribution in [0.15, 0.2) is 53.6 Å². The van der Waals surface area contributed by atoms with Gasteiger partial charge in [-0.3, -0.25) is 14.9 Å². The van der Waals surface area contributed by atoms with Gasteiger partial charge in [0.1, 0.15) is 0 Å². The summed E-state index contributed by atoms with van der Waals surface area (Å²) in [5.74, 6) is -0.367. The van der Waals surface area contributed by atoms with Crippen LogP contribution in [-0.2, 0) is 0 Å². The number of benzene rings is 2. The van der Waals surface area contributed by atoms with Gasteiger partial charge in [-0.25, -0.2) is 5.43 Å². The number of amides is 1. The average molecular weight is 284 g/mol. The summed E-state index contributed by atoms with van der Waals surface area (Å²) >= 11 is 0. The molecule has 0 aliphatic rings. The number of nitrogens with one attached hydrogen (secondary N) is 1. The zero-order valence-electron chi connectivity index (χ0n) is 10.9. The minimum Gasteiger partial charge on any atom is -0.399 e. The fourth-order valence-electron chi connectivity index (χ4n) is 1.55. The minimum atomic E-state index is -0.482. The Hall–Kier alpha value is -3.22. The number of carbonyl (C=O) groups is 1. The van der Waals surface area contributed by atoms with Gasteiger partial charge in [0.05, 0.1) is 11.1 Å². The van der Waals surface area contributed by atoms with Gasteiger partial charge < -0.3 is 5.73 Å². The third kappa shape index (κ3) is 3.87. The molecule has 0 aromatic heterocycles. The normalized spacial score (nSPS) is 10.5. The highest BCUT2D eigenvalue weighted by Gasteiger charge is 2.04. The molecule has 0 heterocycles. The van der Waals surface area contributed by atoms with Crippen molar-refractivity contribution in [3.63, 3.8) is 0 Å². The van der Waals surface area contributed by atoms with Crippen LogP contribution in [0.25, 0.3) is 0 Å².